The lowest BCUT2D eigenvalue weighted by atomic mass is 10.2. The molecule has 1 N–H and O–H groups in total. The predicted octanol–water partition coefficient (Wildman–Crippen LogP) is 2.06. The third-order valence-corrected chi connectivity index (χ3v) is 6.98. The van der Waals surface area contributed by atoms with Crippen LogP contribution in [0.1, 0.15) is 10.4 Å². The fourth-order valence-electron chi connectivity index (χ4n) is 3.30. The molecule has 2 heterocycles. The van der Waals surface area contributed by atoms with E-state index in [4.69, 9.17) is 0 Å². The van der Waals surface area contributed by atoms with Gasteiger partial charge in [0.15, 0.2) is 0 Å². The van der Waals surface area contributed by atoms with Gasteiger partial charge >= 0.3 is 0 Å². The maximum atomic E-state index is 12.9. The summed E-state index contributed by atoms with van der Waals surface area (Å²) in [6.45, 7) is 2.26. The summed E-state index contributed by atoms with van der Waals surface area (Å²) in [5, 5.41) is 6.98. The van der Waals surface area contributed by atoms with Gasteiger partial charge in [0.05, 0.1) is 10.6 Å². The van der Waals surface area contributed by atoms with E-state index in [0.717, 1.165) is 5.69 Å². The number of benzene rings is 2. The molecule has 30 heavy (non-hydrogen) atoms. The summed E-state index contributed by atoms with van der Waals surface area (Å²) in [4.78, 5) is 14.9. The maximum Gasteiger partial charge on any atom is 0.255 e. The topological polar surface area (TPSA) is 87.5 Å². The first-order valence-corrected chi connectivity index (χ1v) is 11.1. The lowest BCUT2D eigenvalue weighted by Gasteiger charge is -2.31. The Morgan fingerprint density at radius 3 is 2.40 bits per heavy atom. The number of sulfonamides is 1. The van der Waals surface area contributed by atoms with Gasteiger partial charge in [-0.2, -0.15) is 9.40 Å². The van der Waals surface area contributed by atoms with Crippen molar-refractivity contribution in [1.82, 2.24) is 19.0 Å². The van der Waals surface area contributed by atoms with Crippen molar-refractivity contribution >= 4 is 21.6 Å². The van der Waals surface area contributed by atoms with E-state index in [0.29, 0.717) is 37.4 Å². The van der Waals surface area contributed by atoms with Gasteiger partial charge in [0.1, 0.15) is 0 Å². The van der Waals surface area contributed by atoms with Crippen molar-refractivity contribution in [3.63, 3.8) is 0 Å². The summed E-state index contributed by atoms with van der Waals surface area (Å²) in [6.07, 6.45) is 3.53. The van der Waals surface area contributed by atoms with Crippen LogP contribution in [0.25, 0.3) is 5.69 Å². The first-order valence-electron chi connectivity index (χ1n) is 9.64. The van der Waals surface area contributed by atoms with Gasteiger partial charge in [-0.25, -0.2) is 13.1 Å². The first kappa shape index (κ1) is 20.3. The summed E-state index contributed by atoms with van der Waals surface area (Å²) in [6, 6.07) is 15.2. The SMILES string of the molecule is CN1CCN(S(=O)(=O)c2cccc(C(=O)Nc3ccc(-n4cccn4)cc3)c2)CC1. The number of nitrogens with zero attached hydrogens (tertiary/aromatic N) is 4. The van der Waals surface area contributed by atoms with Crippen LogP contribution >= 0.6 is 0 Å². The molecule has 4 rings (SSSR count). The number of amides is 1. The average molecular weight is 426 g/mol. The zero-order chi connectivity index (χ0) is 21.1. The summed E-state index contributed by atoms with van der Waals surface area (Å²) >= 11 is 0. The van der Waals surface area contributed by atoms with Crippen molar-refractivity contribution in [3.05, 3.63) is 72.6 Å². The zero-order valence-electron chi connectivity index (χ0n) is 16.6. The summed E-state index contributed by atoms with van der Waals surface area (Å²) < 4.78 is 29.1. The Hall–Kier alpha value is -3.01. The van der Waals surface area contributed by atoms with Crippen LogP contribution in [0.15, 0.2) is 71.9 Å². The highest BCUT2D eigenvalue weighted by atomic mass is 32.2. The molecule has 0 spiro atoms. The number of carbonyl (C=O) groups is 1. The molecule has 156 valence electrons. The molecule has 1 fully saturated rings. The number of aromatic nitrogens is 2. The van der Waals surface area contributed by atoms with E-state index in [9.17, 15) is 13.2 Å². The van der Waals surface area contributed by atoms with Crippen molar-refractivity contribution in [3.8, 4) is 5.69 Å². The molecule has 1 saturated heterocycles. The number of hydrogen-bond acceptors (Lipinski definition) is 5. The van der Waals surface area contributed by atoms with Crippen molar-refractivity contribution in [2.45, 2.75) is 4.90 Å². The fourth-order valence-corrected chi connectivity index (χ4v) is 4.77. The Kier molecular flexibility index (Phi) is 5.67. The number of likely N-dealkylation sites (N-methyl/N-ethyl adjacent to an activating group) is 1. The fraction of sp³-hybridized carbons (Fsp3) is 0.238. The van der Waals surface area contributed by atoms with Crippen LogP contribution in [0.5, 0.6) is 0 Å². The van der Waals surface area contributed by atoms with Gasteiger partial charge in [0.2, 0.25) is 10.0 Å². The van der Waals surface area contributed by atoms with Crippen molar-refractivity contribution in [2.24, 2.45) is 0 Å². The molecule has 0 saturated carbocycles. The van der Waals surface area contributed by atoms with Gasteiger partial charge in [-0.1, -0.05) is 6.07 Å². The molecule has 1 aliphatic rings. The van der Waals surface area contributed by atoms with E-state index in [1.54, 1.807) is 35.1 Å². The Labute approximate surface area is 175 Å². The highest BCUT2D eigenvalue weighted by Crippen LogP contribution is 2.20. The van der Waals surface area contributed by atoms with Crippen molar-refractivity contribution < 1.29 is 13.2 Å². The summed E-state index contributed by atoms with van der Waals surface area (Å²) in [7, 11) is -1.66. The lowest BCUT2D eigenvalue weighted by Crippen LogP contribution is -2.47. The third kappa shape index (κ3) is 4.28. The Bertz CT molecular complexity index is 1120. The number of anilines is 1. The average Bonchev–Trinajstić information content (AvgIpc) is 3.30. The van der Waals surface area contributed by atoms with E-state index >= 15 is 0 Å². The Morgan fingerprint density at radius 1 is 1.00 bits per heavy atom. The van der Waals surface area contributed by atoms with Crippen LogP contribution < -0.4 is 5.32 Å². The molecule has 1 amide bonds. The van der Waals surface area contributed by atoms with Gasteiger partial charge in [-0.05, 0) is 55.6 Å². The molecular weight excluding hydrogens is 402 g/mol. The second-order valence-electron chi connectivity index (χ2n) is 7.19. The van der Waals surface area contributed by atoms with Crippen LogP contribution in [0.4, 0.5) is 5.69 Å². The van der Waals surface area contributed by atoms with Crippen LogP contribution in [-0.4, -0.2) is 66.5 Å². The van der Waals surface area contributed by atoms with Gasteiger partial charge in [0.25, 0.3) is 5.91 Å². The Morgan fingerprint density at radius 2 is 1.73 bits per heavy atom. The molecule has 0 unspecified atom stereocenters. The molecule has 0 aliphatic carbocycles. The molecule has 2 aromatic carbocycles. The predicted molar refractivity (Wildman–Crippen MR) is 114 cm³/mol. The number of carbonyl (C=O) groups excluding carboxylic acids is 1. The van der Waals surface area contributed by atoms with Gasteiger partial charge in [-0.15, -0.1) is 0 Å². The second kappa shape index (κ2) is 8.39. The molecule has 0 bridgehead atoms. The molecule has 0 radical (unpaired) electrons. The minimum absolute atomic E-state index is 0.133. The van der Waals surface area contributed by atoms with E-state index in [1.165, 1.54) is 16.4 Å². The number of hydrogen-bond donors (Lipinski definition) is 1. The molecular formula is C21H23N5O3S. The van der Waals surface area contributed by atoms with E-state index in [-0.39, 0.29) is 10.8 Å². The zero-order valence-corrected chi connectivity index (χ0v) is 17.4. The second-order valence-corrected chi connectivity index (χ2v) is 9.12. The Balaban J connectivity index is 1.48. The standard InChI is InChI=1S/C21H23N5O3S/c1-24-12-14-25(15-13-24)30(28,29)20-5-2-4-17(16-20)21(27)23-18-6-8-19(9-7-18)26-11-3-10-22-26/h2-11,16H,12-15H2,1H3,(H,23,27). The highest BCUT2D eigenvalue weighted by Gasteiger charge is 2.27. The smallest absolute Gasteiger partial charge is 0.255 e. The quantitative estimate of drug-likeness (QED) is 0.676. The van der Waals surface area contributed by atoms with Gasteiger partial charge < -0.3 is 10.2 Å². The van der Waals surface area contributed by atoms with Crippen molar-refractivity contribution in [1.29, 1.82) is 0 Å². The number of piperazine rings is 1. The van der Waals surface area contributed by atoms with Crippen molar-refractivity contribution in [2.75, 3.05) is 38.5 Å². The van der Waals surface area contributed by atoms with E-state index in [1.807, 2.05) is 31.4 Å². The lowest BCUT2D eigenvalue weighted by molar-refractivity contribution is 0.102. The molecule has 8 nitrogen and oxygen atoms in total. The third-order valence-electron chi connectivity index (χ3n) is 5.09. The monoisotopic (exact) mass is 425 g/mol. The molecule has 3 aromatic rings. The van der Waals surface area contributed by atoms with E-state index in [2.05, 4.69) is 15.3 Å². The minimum atomic E-state index is -3.63. The van der Waals surface area contributed by atoms with Crippen LogP contribution in [0.2, 0.25) is 0 Å². The first-order chi connectivity index (χ1) is 14.4. The normalized spacial score (nSPS) is 15.8. The van der Waals surface area contributed by atoms with Crippen LogP contribution in [0, 0.1) is 0 Å². The maximum absolute atomic E-state index is 12.9. The summed E-state index contributed by atoms with van der Waals surface area (Å²) in [5.41, 5.74) is 1.78. The highest BCUT2D eigenvalue weighted by molar-refractivity contribution is 7.89. The molecule has 1 aromatic heterocycles. The molecule has 9 heteroatoms. The minimum Gasteiger partial charge on any atom is -0.322 e. The number of rotatable bonds is 5. The molecule has 0 atom stereocenters. The largest absolute Gasteiger partial charge is 0.322 e. The van der Waals surface area contributed by atoms with Crippen LogP contribution in [-0.2, 0) is 10.0 Å². The molecule has 1 aliphatic heterocycles. The van der Waals surface area contributed by atoms with Gasteiger partial charge in [0, 0.05) is 49.8 Å². The van der Waals surface area contributed by atoms with Crippen LogP contribution in [0.3, 0.4) is 0 Å². The van der Waals surface area contributed by atoms with Gasteiger partial charge in [-0.3, -0.25) is 4.79 Å². The number of nitrogens with one attached hydrogen (secondary N) is 1. The van der Waals surface area contributed by atoms with E-state index < -0.39 is 10.0 Å². The summed E-state index contributed by atoms with van der Waals surface area (Å²) in [5.74, 6) is -0.364.